The Kier molecular flexibility index (Phi) is 3.87. The fraction of sp³-hybridized carbons (Fsp3) is 0.176. The maximum Gasteiger partial charge on any atom is 0.302 e. The standard InChI is InChI=1S/C17H13Cl2N3OS/c1-8(2)9-3-5-12-11(7-9)20-16(23-12)22-17-21-15-13(24-17)6-4-10(18)14(15)19/h3-8H,1-2H3,(H,20,21,22). The van der Waals surface area contributed by atoms with E-state index in [-0.39, 0.29) is 0 Å². The molecule has 4 rings (SSSR count). The number of fused-ring (bicyclic) bond motifs is 2. The summed E-state index contributed by atoms with van der Waals surface area (Å²) >= 11 is 13.7. The van der Waals surface area contributed by atoms with Crippen molar-refractivity contribution in [1.82, 2.24) is 9.97 Å². The molecular formula is C17H13Cl2N3OS. The van der Waals surface area contributed by atoms with Crippen molar-refractivity contribution in [2.45, 2.75) is 19.8 Å². The fourth-order valence-corrected chi connectivity index (χ4v) is 3.72. The molecule has 24 heavy (non-hydrogen) atoms. The van der Waals surface area contributed by atoms with Crippen LogP contribution in [0.25, 0.3) is 21.3 Å². The number of hydrogen-bond donors (Lipinski definition) is 1. The van der Waals surface area contributed by atoms with Gasteiger partial charge < -0.3 is 4.42 Å². The maximum atomic E-state index is 6.20. The number of nitrogens with zero attached hydrogens (tertiary/aromatic N) is 2. The SMILES string of the molecule is CC(C)c1ccc2oc(Nc3nc4c(Cl)c(Cl)ccc4s3)nc2c1. The first-order valence-corrected chi connectivity index (χ1v) is 9.00. The van der Waals surface area contributed by atoms with Crippen molar-refractivity contribution in [3.8, 4) is 0 Å². The first-order chi connectivity index (χ1) is 11.5. The van der Waals surface area contributed by atoms with Crippen LogP contribution in [0.3, 0.4) is 0 Å². The normalized spacial score (nSPS) is 11.7. The predicted molar refractivity (Wildman–Crippen MR) is 101 cm³/mol. The molecule has 0 aliphatic rings. The van der Waals surface area contributed by atoms with Crippen LogP contribution >= 0.6 is 34.5 Å². The highest BCUT2D eigenvalue weighted by Crippen LogP contribution is 2.36. The van der Waals surface area contributed by atoms with E-state index in [1.54, 1.807) is 6.07 Å². The highest BCUT2D eigenvalue weighted by Gasteiger charge is 2.13. The Morgan fingerprint density at radius 1 is 1.12 bits per heavy atom. The molecule has 2 aromatic carbocycles. The van der Waals surface area contributed by atoms with Crippen LogP contribution in [0.2, 0.25) is 10.0 Å². The molecule has 0 aliphatic heterocycles. The Hall–Kier alpha value is -1.82. The molecule has 0 amide bonds. The summed E-state index contributed by atoms with van der Waals surface area (Å²) in [7, 11) is 0. The average molecular weight is 378 g/mol. The number of halogens is 2. The Labute approximate surface area is 152 Å². The van der Waals surface area contributed by atoms with Crippen LogP contribution in [-0.4, -0.2) is 9.97 Å². The highest BCUT2D eigenvalue weighted by molar-refractivity contribution is 7.22. The van der Waals surface area contributed by atoms with Crippen molar-refractivity contribution in [1.29, 1.82) is 0 Å². The third-order valence-corrected chi connectivity index (χ3v) is 5.47. The molecule has 7 heteroatoms. The molecule has 0 radical (unpaired) electrons. The first kappa shape index (κ1) is 15.7. The molecule has 0 saturated carbocycles. The Bertz CT molecular complexity index is 1050. The second-order valence-corrected chi connectivity index (χ2v) is 7.57. The van der Waals surface area contributed by atoms with E-state index < -0.39 is 0 Å². The van der Waals surface area contributed by atoms with E-state index in [4.69, 9.17) is 27.6 Å². The zero-order chi connectivity index (χ0) is 16.8. The quantitative estimate of drug-likeness (QED) is 0.436. The number of nitrogens with one attached hydrogen (secondary N) is 1. The van der Waals surface area contributed by atoms with Crippen LogP contribution in [0.5, 0.6) is 0 Å². The molecule has 2 heterocycles. The van der Waals surface area contributed by atoms with Gasteiger partial charge in [-0.1, -0.05) is 54.5 Å². The van der Waals surface area contributed by atoms with E-state index >= 15 is 0 Å². The minimum absolute atomic E-state index is 0.409. The summed E-state index contributed by atoms with van der Waals surface area (Å²) in [6.07, 6.45) is 0. The van der Waals surface area contributed by atoms with E-state index in [0.717, 1.165) is 15.8 Å². The lowest BCUT2D eigenvalue weighted by Crippen LogP contribution is -1.88. The van der Waals surface area contributed by atoms with Crippen molar-refractivity contribution >= 4 is 67.0 Å². The van der Waals surface area contributed by atoms with Gasteiger partial charge in [0.05, 0.1) is 14.7 Å². The van der Waals surface area contributed by atoms with Gasteiger partial charge in [0, 0.05) is 0 Å². The molecule has 122 valence electrons. The zero-order valence-electron chi connectivity index (χ0n) is 12.9. The summed E-state index contributed by atoms with van der Waals surface area (Å²) in [5.74, 6) is 0.443. The molecule has 1 N–H and O–H groups in total. The molecule has 4 aromatic rings. The summed E-state index contributed by atoms with van der Waals surface area (Å²) in [5, 5.41) is 4.71. The summed E-state index contributed by atoms with van der Waals surface area (Å²) in [6.45, 7) is 4.30. The van der Waals surface area contributed by atoms with Crippen LogP contribution in [0.4, 0.5) is 11.1 Å². The van der Waals surface area contributed by atoms with E-state index in [1.807, 2.05) is 18.2 Å². The monoisotopic (exact) mass is 377 g/mol. The second kappa shape index (κ2) is 5.92. The van der Waals surface area contributed by atoms with Crippen molar-refractivity contribution < 1.29 is 4.42 Å². The van der Waals surface area contributed by atoms with Gasteiger partial charge in [-0.3, -0.25) is 5.32 Å². The van der Waals surface area contributed by atoms with Crippen LogP contribution in [0.1, 0.15) is 25.3 Å². The van der Waals surface area contributed by atoms with Gasteiger partial charge in [0.15, 0.2) is 10.7 Å². The number of thiazole rings is 1. The van der Waals surface area contributed by atoms with Gasteiger partial charge in [0.25, 0.3) is 0 Å². The van der Waals surface area contributed by atoms with Crippen LogP contribution in [0.15, 0.2) is 34.7 Å². The van der Waals surface area contributed by atoms with Gasteiger partial charge in [-0.2, -0.15) is 4.98 Å². The van der Waals surface area contributed by atoms with Gasteiger partial charge in [-0.15, -0.1) is 0 Å². The van der Waals surface area contributed by atoms with Crippen LogP contribution in [-0.2, 0) is 0 Å². The molecule has 4 nitrogen and oxygen atoms in total. The molecule has 0 bridgehead atoms. The molecule has 0 atom stereocenters. The molecule has 0 saturated heterocycles. The van der Waals surface area contributed by atoms with Gasteiger partial charge in [-0.25, -0.2) is 4.98 Å². The number of oxazole rings is 1. The van der Waals surface area contributed by atoms with Crippen molar-refractivity contribution in [3.63, 3.8) is 0 Å². The number of hydrogen-bond acceptors (Lipinski definition) is 5. The minimum atomic E-state index is 0.409. The van der Waals surface area contributed by atoms with Gasteiger partial charge in [0.1, 0.15) is 11.0 Å². The largest absolute Gasteiger partial charge is 0.423 e. The summed E-state index contributed by atoms with van der Waals surface area (Å²) in [6, 6.07) is 10.1. The van der Waals surface area contributed by atoms with E-state index in [0.29, 0.717) is 32.6 Å². The molecular weight excluding hydrogens is 365 g/mol. The van der Waals surface area contributed by atoms with Crippen LogP contribution < -0.4 is 5.32 Å². The molecule has 0 spiro atoms. The third kappa shape index (κ3) is 2.73. The average Bonchev–Trinajstić information content (AvgIpc) is 3.13. The van der Waals surface area contributed by atoms with Crippen molar-refractivity contribution in [2.75, 3.05) is 5.32 Å². The smallest absolute Gasteiger partial charge is 0.302 e. The molecule has 2 aromatic heterocycles. The highest BCUT2D eigenvalue weighted by atomic mass is 35.5. The minimum Gasteiger partial charge on any atom is -0.423 e. The third-order valence-electron chi connectivity index (χ3n) is 3.74. The maximum absolute atomic E-state index is 6.20. The lowest BCUT2D eigenvalue weighted by atomic mass is 10.0. The number of benzene rings is 2. The van der Waals surface area contributed by atoms with Gasteiger partial charge in [0.2, 0.25) is 0 Å². The van der Waals surface area contributed by atoms with Crippen molar-refractivity contribution in [3.05, 3.63) is 45.9 Å². The predicted octanol–water partition coefficient (Wildman–Crippen LogP) is 6.61. The van der Waals surface area contributed by atoms with Gasteiger partial charge in [-0.05, 0) is 35.7 Å². The lowest BCUT2D eigenvalue weighted by molar-refractivity contribution is 0.623. The Morgan fingerprint density at radius 3 is 2.75 bits per heavy atom. The molecule has 0 fully saturated rings. The van der Waals surface area contributed by atoms with E-state index in [1.165, 1.54) is 16.9 Å². The van der Waals surface area contributed by atoms with Crippen LogP contribution in [0, 0.1) is 0 Å². The fourth-order valence-electron chi connectivity index (χ4n) is 2.44. The molecule has 0 aliphatic carbocycles. The summed E-state index contributed by atoms with van der Waals surface area (Å²) < 4.78 is 6.69. The number of anilines is 2. The number of aromatic nitrogens is 2. The Balaban J connectivity index is 1.70. The lowest BCUT2D eigenvalue weighted by Gasteiger charge is -2.02. The van der Waals surface area contributed by atoms with E-state index in [2.05, 4.69) is 35.2 Å². The number of rotatable bonds is 3. The second-order valence-electron chi connectivity index (χ2n) is 5.75. The first-order valence-electron chi connectivity index (χ1n) is 7.43. The summed E-state index contributed by atoms with van der Waals surface area (Å²) in [5.41, 5.74) is 3.47. The topological polar surface area (TPSA) is 51.0 Å². The summed E-state index contributed by atoms with van der Waals surface area (Å²) in [4.78, 5) is 8.97. The molecule has 0 unspecified atom stereocenters. The van der Waals surface area contributed by atoms with E-state index in [9.17, 15) is 0 Å². The van der Waals surface area contributed by atoms with Gasteiger partial charge >= 0.3 is 6.01 Å². The zero-order valence-corrected chi connectivity index (χ0v) is 15.3. The Morgan fingerprint density at radius 2 is 1.96 bits per heavy atom. The van der Waals surface area contributed by atoms with Crippen molar-refractivity contribution in [2.24, 2.45) is 0 Å².